The number of benzene rings is 2. The van der Waals surface area contributed by atoms with Gasteiger partial charge in [0.05, 0.1) is 22.7 Å². The Labute approximate surface area is 181 Å². The molecule has 32 heavy (non-hydrogen) atoms. The Balaban J connectivity index is 1.68. The monoisotopic (exact) mass is 475 g/mol. The molecule has 2 N–H and O–H groups in total. The van der Waals surface area contributed by atoms with E-state index in [1.165, 1.54) is 41.9 Å². The average molecular weight is 475 g/mol. The number of carbonyl (C=O) groups is 1. The van der Waals surface area contributed by atoms with E-state index in [2.05, 4.69) is 4.74 Å². The van der Waals surface area contributed by atoms with Crippen molar-refractivity contribution in [1.82, 2.24) is 5.48 Å². The maximum absolute atomic E-state index is 12.8. The minimum atomic E-state index is -4.80. The molecule has 1 saturated heterocycles. The number of hydroxylamine groups is 1. The predicted molar refractivity (Wildman–Crippen MR) is 104 cm³/mol. The molecule has 1 amide bonds. The first-order valence-corrected chi connectivity index (χ1v) is 11.1. The van der Waals surface area contributed by atoms with Crippen molar-refractivity contribution >= 4 is 15.7 Å². The van der Waals surface area contributed by atoms with E-state index in [0.717, 1.165) is 12.1 Å². The summed E-state index contributed by atoms with van der Waals surface area (Å²) in [4.78, 5) is 11.9. The minimum Gasteiger partial charge on any atom is -0.457 e. The third kappa shape index (κ3) is 6.34. The fourth-order valence-corrected chi connectivity index (χ4v) is 4.83. The van der Waals surface area contributed by atoms with Crippen LogP contribution in [0.5, 0.6) is 17.2 Å². The molecule has 0 spiro atoms. The fraction of sp³-hybridized carbons (Fsp3) is 0.350. The molecule has 12 heteroatoms. The van der Waals surface area contributed by atoms with Gasteiger partial charge in [0.15, 0.2) is 9.84 Å². The summed E-state index contributed by atoms with van der Waals surface area (Å²) in [6.45, 7) is 0.412. The molecule has 0 unspecified atom stereocenters. The second-order valence-electron chi connectivity index (χ2n) is 7.01. The Bertz CT molecular complexity index is 1020. The quantitative estimate of drug-likeness (QED) is 0.444. The van der Waals surface area contributed by atoms with E-state index in [4.69, 9.17) is 14.7 Å². The lowest BCUT2D eigenvalue weighted by Gasteiger charge is -2.20. The van der Waals surface area contributed by atoms with Crippen LogP contribution in [0.3, 0.4) is 0 Å². The third-order valence-corrected chi connectivity index (χ3v) is 6.52. The highest BCUT2D eigenvalue weighted by Gasteiger charge is 2.36. The van der Waals surface area contributed by atoms with Crippen LogP contribution in [0.4, 0.5) is 13.2 Å². The van der Waals surface area contributed by atoms with Gasteiger partial charge in [-0.2, -0.15) is 0 Å². The summed E-state index contributed by atoms with van der Waals surface area (Å²) in [5.74, 6) is -2.39. The van der Waals surface area contributed by atoms with Crippen LogP contribution in [0.25, 0.3) is 0 Å². The van der Waals surface area contributed by atoms with Crippen LogP contribution in [0, 0.1) is 5.92 Å². The summed E-state index contributed by atoms with van der Waals surface area (Å²) in [6.07, 6.45) is -4.21. The van der Waals surface area contributed by atoms with Crippen molar-refractivity contribution in [3.63, 3.8) is 0 Å². The molecule has 0 saturated carbocycles. The van der Waals surface area contributed by atoms with Gasteiger partial charge in [-0.3, -0.25) is 10.0 Å². The number of halogens is 3. The van der Waals surface area contributed by atoms with E-state index in [-0.39, 0.29) is 16.4 Å². The normalized spacial score (nSPS) is 17.6. The largest absolute Gasteiger partial charge is 0.573 e. The molecule has 1 fully saturated rings. The first-order chi connectivity index (χ1) is 15.1. The number of hydrogen-bond acceptors (Lipinski definition) is 7. The highest BCUT2D eigenvalue weighted by atomic mass is 32.2. The summed E-state index contributed by atoms with van der Waals surface area (Å²) < 4.78 is 76.9. The number of hydrogen-bond donors (Lipinski definition) is 2. The molecule has 2 aromatic carbocycles. The average Bonchev–Trinajstić information content (AvgIpc) is 3.27. The van der Waals surface area contributed by atoms with Gasteiger partial charge in [-0.25, -0.2) is 13.9 Å². The molecular formula is C20H20F3NO7S. The first-order valence-electron chi connectivity index (χ1n) is 9.49. The molecule has 2 aromatic rings. The number of sulfone groups is 1. The molecule has 2 atom stereocenters. The van der Waals surface area contributed by atoms with Gasteiger partial charge in [-0.15, -0.1) is 13.2 Å². The van der Waals surface area contributed by atoms with Crippen LogP contribution in [-0.4, -0.2) is 44.4 Å². The number of nitrogens with one attached hydrogen (secondary N) is 1. The molecule has 3 rings (SSSR count). The van der Waals surface area contributed by atoms with Gasteiger partial charge in [0.25, 0.3) is 0 Å². The van der Waals surface area contributed by atoms with Gasteiger partial charge < -0.3 is 14.2 Å². The standard InChI is InChI=1S/C20H20F3NO7S/c21-20(22,23)31-15-5-3-13(4-6-15)30-14-7-9-16(10-8-14)32(27,28)12-17(19(25)24-26)18-2-1-11-29-18/h3-10,17-18,26H,1-2,11-12H2,(H,24,25)/t17-,18+/m0/s1. The van der Waals surface area contributed by atoms with Gasteiger partial charge in [0.1, 0.15) is 17.2 Å². The lowest BCUT2D eigenvalue weighted by Crippen LogP contribution is -2.40. The predicted octanol–water partition coefficient (Wildman–Crippen LogP) is 3.45. The Kier molecular flexibility index (Phi) is 7.26. The highest BCUT2D eigenvalue weighted by Crippen LogP contribution is 2.29. The van der Waals surface area contributed by atoms with Gasteiger partial charge in [-0.1, -0.05) is 0 Å². The molecular weight excluding hydrogens is 455 g/mol. The Hall–Kier alpha value is -2.83. The number of carbonyl (C=O) groups excluding carboxylic acids is 1. The van der Waals surface area contributed by atoms with Crippen molar-refractivity contribution in [3.8, 4) is 17.2 Å². The zero-order valence-corrected chi connectivity index (χ0v) is 17.4. The van der Waals surface area contributed by atoms with E-state index < -0.39 is 45.6 Å². The molecule has 0 bridgehead atoms. The van der Waals surface area contributed by atoms with E-state index >= 15 is 0 Å². The van der Waals surface area contributed by atoms with Crippen molar-refractivity contribution in [1.29, 1.82) is 0 Å². The summed E-state index contributed by atoms with van der Waals surface area (Å²) in [5, 5.41) is 8.95. The van der Waals surface area contributed by atoms with Crippen LogP contribution in [0.15, 0.2) is 53.4 Å². The summed E-state index contributed by atoms with van der Waals surface area (Å²) in [6, 6.07) is 10.0. The van der Waals surface area contributed by atoms with Crippen molar-refractivity contribution in [2.24, 2.45) is 5.92 Å². The van der Waals surface area contributed by atoms with E-state index in [9.17, 15) is 26.4 Å². The summed E-state index contributed by atoms with van der Waals surface area (Å²) in [5.41, 5.74) is 1.49. The number of amides is 1. The van der Waals surface area contributed by atoms with Crippen LogP contribution in [0.2, 0.25) is 0 Å². The second kappa shape index (κ2) is 9.76. The van der Waals surface area contributed by atoms with E-state index in [1.54, 1.807) is 0 Å². The molecule has 0 radical (unpaired) electrons. The molecule has 8 nitrogen and oxygen atoms in total. The SMILES string of the molecule is O=C(NO)[C@@H](CS(=O)(=O)c1ccc(Oc2ccc(OC(F)(F)F)cc2)cc1)[C@H]1CCCO1. The van der Waals surface area contributed by atoms with Crippen molar-refractivity contribution < 1.29 is 45.8 Å². The molecule has 0 aliphatic carbocycles. The zero-order valence-electron chi connectivity index (χ0n) is 16.5. The maximum Gasteiger partial charge on any atom is 0.573 e. The number of ether oxygens (including phenoxy) is 3. The lowest BCUT2D eigenvalue weighted by molar-refractivity contribution is -0.274. The Morgan fingerprint density at radius 1 is 1.09 bits per heavy atom. The van der Waals surface area contributed by atoms with E-state index in [1.807, 2.05) is 0 Å². The summed E-state index contributed by atoms with van der Waals surface area (Å²) >= 11 is 0. The molecule has 1 heterocycles. The molecule has 1 aliphatic heterocycles. The topological polar surface area (TPSA) is 111 Å². The number of rotatable bonds is 8. The summed E-state index contributed by atoms with van der Waals surface area (Å²) in [7, 11) is -3.90. The Morgan fingerprint density at radius 3 is 2.16 bits per heavy atom. The van der Waals surface area contributed by atoms with Crippen LogP contribution in [-0.2, 0) is 19.4 Å². The van der Waals surface area contributed by atoms with Crippen molar-refractivity contribution in [3.05, 3.63) is 48.5 Å². The van der Waals surface area contributed by atoms with Gasteiger partial charge >= 0.3 is 6.36 Å². The lowest BCUT2D eigenvalue weighted by atomic mass is 10.0. The zero-order chi connectivity index (χ0) is 23.4. The van der Waals surface area contributed by atoms with Crippen molar-refractivity contribution in [2.45, 2.75) is 30.2 Å². The first kappa shape index (κ1) is 23.8. The van der Waals surface area contributed by atoms with Crippen LogP contribution in [0.1, 0.15) is 12.8 Å². The second-order valence-corrected chi connectivity index (χ2v) is 9.04. The number of alkyl halides is 3. The highest BCUT2D eigenvalue weighted by molar-refractivity contribution is 7.91. The fourth-order valence-electron chi connectivity index (χ4n) is 3.25. The maximum atomic E-state index is 12.8. The van der Waals surface area contributed by atoms with Gasteiger partial charge in [0.2, 0.25) is 5.91 Å². The van der Waals surface area contributed by atoms with Crippen LogP contribution < -0.4 is 15.0 Å². The third-order valence-electron chi connectivity index (χ3n) is 4.74. The molecule has 174 valence electrons. The van der Waals surface area contributed by atoms with Crippen LogP contribution >= 0.6 is 0 Å². The minimum absolute atomic E-state index is 0.0625. The Morgan fingerprint density at radius 2 is 1.66 bits per heavy atom. The van der Waals surface area contributed by atoms with Crippen molar-refractivity contribution in [2.75, 3.05) is 12.4 Å². The van der Waals surface area contributed by atoms with Gasteiger partial charge in [-0.05, 0) is 61.4 Å². The molecule has 0 aromatic heterocycles. The smallest absolute Gasteiger partial charge is 0.457 e. The van der Waals surface area contributed by atoms with Gasteiger partial charge in [0, 0.05) is 6.61 Å². The molecule has 1 aliphatic rings. The van der Waals surface area contributed by atoms with E-state index in [0.29, 0.717) is 19.4 Å².